The van der Waals surface area contributed by atoms with Gasteiger partial charge in [-0.2, -0.15) is 0 Å². The molecule has 0 bridgehead atoms. The third-order valence-corrected chi connectivity index (χ3v) is 3.72. The lowest BCUT2D eigenvalue weighted by Gasteiger charge is -2.28. The zero-order valence-corrected chi connectivity index (χ0v) is 12.3. The fourth-order valence-electron chi connectivity index (χ4n) is 2.52. The number of hydrogen-bond donors (Lipinski definition) is 1. The highest BCUT2D eigenvalue weighted by Gasteiger charge is 2.14. The molecule has 2 aromatic heterocycles. The second kappa shape index (κ2) is 6.63. The molecule has 1 unspecified atom stereocenters. The van der Waals surface area contributed by atoms with Crippen molar-refractivity contribution >= 4 is 11.5 Å². The van der Waals surface area contributed by atoms with Gasteiger partial charge in [-0.3, -0.25) is 0 Å². The van der Waals surface area contributed by atoms with Crippen molar-refractivity contribution in [2.45, 2.75) is 19.4 Å². The van der Waals surface area contributed by atoms with Gasteiger partial charge in [0, 0.05) is 13.1 Å². The van der Waals surface area contributed by atoms with Crippen LogP contribution in [0.1, 0.15) is 25.1 Å². The second-order valence-electron chi connectivity index (χ2n) is 5.13. The number of pyridine rings is 1. The van der Waals surface area contributed by atoms with Gasteiger partial charge in [-0.1, -0.05) is 6.92 Å². The van der Waals surface area contributed by atoms with E-state index in [1.165, 1.54) is 0 Å². The number of rotatable bonds is 5. The Morgan fingerprint density at radius 2 is 2.14 bits per heavy atom. The summed E-state index contributed by atoms with van der Waals surface area (Å²) < 4.78 is 10.8. The summed E-state index contributed by atoms with van der Waals surface area (Å²) in [6.07, 6.45) is 4.55. The first-order chi connectivity index (χ1) is 10.4. The van der Waals surface area contributed by atoms with Gasteiger partial charge in [0.15, 0.2) is 0 Å². The maximum Gasteiger partial charge on any atom is 0.128 e. The molecule has 0 saturated carbocycles. The van der Waals surface area contributed by atoms with Crippen molar-refractivity contribution < 1.29 is 9.15 Å². The molecule has 1 N–H and O–H groups in total. The molecule has 3 heterocycles. The monoisotopic (exact) mass is 287 g/mol. The first-order valence-electron chi connectivity index (χ1n) is 7.45. The van der Waals surface area contributed by atoms with Crippen LogP contribution >= 0.6 is 0 Å². The van der Waals surface area contributed by atoms with Crippen LogP contribution in [0.25, 0.3) is 0 Å². The minimum absolute atomic E-state index is 0.177. The van der Waals surface area contributed by atoms with Crippen LogP contribution in [0.5, 0.6) is 0 Å². The van der Waals surface area contributed by atoms with Gasteiger partial charge in [-0.15, -0.1) is 0 Å². The molecular formula is C16H21N3O2. The van der Waals surface area contributed by atoms with E-state index >= 15 is 0 Å². The Bertz CT molecular complexity index is 533. The Kier molecular flexibility index (Phi) is 4.40. The van der Waals surface area contributed by atoms with E-state index in [1.807, 2.05) is 18.3 Å². The lowest BCUT2D eigenvalue weighted by Crippen LogP contribution is -2.36. The first kappa shape index (κ1) is 13.9. The highest BCUT2D eigenvalue weighted by atomic mass is 16.5. The van der Waals surface area contributed by atoms with Crippen molar-refractivity contribution in [2.24, 2.45) is 0 Å². The number of hydrogen-bond acceptors (Lipinski definition) is 5. The molecule has 1 atom stereocenters. The summed E-state index contributed by atoms with van der Waals surface area (Å²) in [7, 11) is 0. The van der Waals surface area contributed by atoms with E-state index < -0.39 is 0 Å². The Morgan fingerprint density at radius 1 is 1.29 bits per heavy atom. The minimum atomic E-state index is 0.177. The molecule has 5 heteroatoms. The van der Waals surface area contributed by atoms with Gasteiger partial charge in [0.25, 0.3) is 0 Å². The highest BCUT2D eigenvalue weighted by Crippen LogP contribution is 2.23. The number of furan rings is 1. The van der Waals surface area contributed by atoms with Crippen molar-refractivity contribution in [1.29, 1.82) is 0 Å². The van der Waals surface area contributed by atoms with Crippen LogP contribution < -0.4 is 10.2 Å². The molecule has 3 rings (SSSR count). The number of anilines is 2. The number of aromatic nitrogens is 1. The quantitative estimate of drug-likeness (QED) is 0.916. The van der Waals surface area contributed by atoms with Crippen LogP contribution in [-0.4, -0.2) is 31.3 Å². The molecule has 1 aliphatic heterocycles. The summed E-state index contributed by atoms with van der Waals surface area (Å²) >= 11 is 0. The third kappa shape index (κ3) is 3.36. The Balaban J connectivity index is 1.66. The van der Waals surface area contributed by atoms with Gasteiger partial charge in [-0.05, 0) is 30.7 Å². The van der Waals surface area contributed by atoms with Crippen molar-refractivity contribution in [3.8, 4) is 0 Å². The van der Waals surface area contributed by atoms with Crippen molar-refractivity contribution in [2.75, 3.05) is 36.5 Å². The van der Waals surface area contributed by atoms with Gasteiger partial charge in [-0.25, -0.2) is 4.98 Å². The highest BCUT2D eigenvalue weighted by molar-refractivity contribution is 5.49. The Hall–Kier alpha value is -2.01. The van der Waals surface area contributed by atoms with E-state index in [2.05, 4.69) is 34.3 Å². The molecule has 1 saturated heterocycles. The van der Waals surface area contributed by atoms with Crippen LogP contribution in [0.4, 0.5) is 11.5 Å². The van der Waals surface area contributed by atoms with E-state index in [4.69, 9.17) is 9.15 Å². The Labute approximate surface area is 124 Å². The largest absolute Gasteiger partial charge is 0.467 e. The average molecular weight is 287 g/mol. The smallest absolute Gasteiger partial charge is 0.128 e. The summed E-state index contributed by atoms with van der Waals surface area (Å²) in [6, 6.07) is 8.22. The topological polar surface area (TPSA) is 50.5 Å². The van der Waals surface area contributed by atoms with Gasteiger partial charge in [0.05, 0.1) is 37.4 Å². The number of nitrogens with one attached hydrogen (secondary N) is 1. The predicted octanol–water partition coefficient (Wildman–Crippen LogP) is 3.07. The predicted molar refractivity (Wildman–Crippen MR) is 82.6 cm³/mol. The lowest BCUT2D eigenvalue weighted by molar-refractivity contribution is 0.122. The van der Waals surface area contributed by atoms with E-state index in [0.29, 0.717) is 0 Å². The standard InChI is InChI=1S/C16H21N3O2/c1-2-14(15-4-3-9-21-15)18-13-5-6-16(17-12-13)19-7-10-20-11-8-19/h3-6,9,12,14,18H,2,7-8,10-11H2,1H3. The summed E-state index contributed by atoms with van der Waals surface area (Å²) in [5.41, 5.74) is 1.01. The lowest BCUT2D eigenvalue weighted by atomic mass is 10.1. The van der Waals surface area contributed by atoms with Gasteiger partial charge >= 0.3 is 0 Å². The molecular weight excluding hydrogens is 266 g/mol. The maximum absolute atomic E-state index is 5.47. The number of ether oxygens (including phenoxy) is 1. The zero-order chi connectivity index (χ0) is 14.5. The molecule has 21 heavy (non-hydrogen) atoms. The van der Waals surface area contributed by atoms with Crippen molar-refractivity contribution in [3.63, 3.8) is 0 Å². The van der Waals surface area contributed by atoms with Gasteiger partial charge < -0.3 is 19.4 Å². The fourth-order valence-corrected chi connectivity index (χ4v) is 2.52. The molecule has 5 nitrogen and oxygen atoms in total. The van der Waals surface area contributed by atoms with Gasteiger partial charge in [0.2, 0.25) is 0 Å². The van der Waals surface area contributed by atoms with Crippen LogP contribution in [-0.2, 0) is 4.74 Å². The average Bonchev–Trinajstić information content (AvgIpc) is 3.08. The van der Waals surface area contributed by atoms with Crippen LogP contribution in [0, 0.1) is 0 Å². The third-order valence-electron chi connectivity index (χ3n) is 3.72. The zero-order valence-electron chi connectivity index (χ0n) is 12.3. The summed E-state index contributed by atoms with van der Waals surface area (Å²) in [5.74, 6) is 1.96. The van der Waals surface area contributed by atoms with Crippen molar-refractivity contribution in [1.82, 2.24) is 4.98 Å². The van der Waals surface area contributed by atoms with Crippen molar-refractivity contribution in [3.05, 3.63) is 42.5 Å². The molecule has 0 aromatic carbocycles. The molecule has 112 valence electrons. The molecule has 1 fully saturated rings. The van der Waals surface area contributed by atoms with Crippen LogP contribution in [0.2, 0.25) is 0 Å². The summed E-state index contributed by atoms with van der Waals surface area (Å²) in [4.78, 5) is 6.80. The normalized spacial score (nSPS) is 16.7. The molecule has 0 spiro atoms. The maximum atomic E-state index is 5.47. The van der Waals surface area contributed by atoms with Gasteiger partial charge in [0.1, 0.15) is 11.6 Å². The Morgan fingerprint density at radius 3 is 2.76 bits per heavy atom. The van der Waals surface area contributed by atoms with E-state index in [1.54, 1.807) is 6.26 Å². The second-order valence-corrected chi connectivity index (χ2v) is 5.13. The van der Waals surface area contributed by atoms with Crippen LogP contribution in [0.3, 0.4) is 0 Å². The number of morpholine rings is 1. The minimum Gasteiger partial charge on any atom is -0.467 e. The van der Waals surface area contributed by atoms with E-state index in [9.17, 15) is 0 Å². The van der Waals surface area contributed by atoms with Crippen LogP contribution in [0.15, 0.2) is 41.1 Å². The molecule has 2 aromatic rings. The molecule has 1 aliphatic rings. The first-order valence-corrected chi connectivity index (χ1v) is 7.45. The summed E-state index contributed by atoms with van der Waals surface area (Å²) in [5, 5.41) is 3.46. The SMILES string of the molecule is CCC(Nc1ccc(N2CCOCC2)nc1)c1ccco1. The summed E-state index contributed by atoms with van der Waals surface area (Å²) in [6.45, 7) is 5.50. The van der Waals surface area contributed by atoms with E-state index in [0.717, 1.165) is 50.0 Å². The molecule has 0 aliphatic carbocycles. The molecule has 0 amide bonds. The molecule has 0 radical (unpaired) electrons. The number of nitrogens with zero attached hydrogens (tertiary/aromatic N) is 2. The van der Waals surface area contributed by atoms with E-state index in [-0.39, 0.29) is 6.04 Å². The fraction of sp³-hybridized carbons (Fsp3) is 0.438.